The largest absolute Gasteiger partial charge is 0.285 e. The minimum absolute atomic E-state index is 0.235. The highest BCUT2D eigenvalue weighted by Gasteiger charge is 2.35. The Bertz CT molecular complexity index is 902. The number of benzene rings is 1. The molecule has 0 saturated carbocycles. The van der Waals surface area contributed by atoms with Crippen molar-refractivity contribution < 1.29 is 9.59 Å². The number of hydrazine groups is 1. The van der Waals surface area contributed by atoms with E-state index in [0.717, 1.165) is 22.5 Å². The number of rotatable bonds is 4. The van der Waals surface area contributed by atoms with Crippen LogP contribution in [0, 0.1) is 6.92 Å². The second-order valence-electron chi connectivity index (χ2n) is 5.47. The summed E-state index contributed by atoms with van der Waals surface area (Å²) in [5.74, 6) is -0.933. The first-order valence-electron chi connectivity index (χ1n) is 7.67. The molecule has 26 heavy (non-hydrogen) atoms. The number of carbonyl (C=O) groups excluding carboxylic acids is 2. The number of thioether (sulfide) groups is 1. The summed E-state index contributed by atoms with van der Waals surface area (Å²) in [5.41, 5.74) is 4.62. The molecule has 3 rings (SSSR count). The summed E-state index contributed by atoms with van der Waals surface area (Å²) < 4.78 is 0.235. The lowest BCUT2D eigenvalue weighted by Gasteiger charge is -2.18. The molecule has 1 fully saturated rings. The maximum absolute atomic E-state index is 12.6. The molecular weight excluding hydrogens is 390 g/mol. The van der Waals surface area contributed by atoms with Crippen LogP contribution in [-0.2, 0) is 9.59 Å². The van der Waals surface area contributed by atoms with Crippen molar-refractivity contribution in [3.63, 3.8) is 0 Å². The fraction of sp³-hybridized carbons (Fsp3) is 0.111. The number of halogens is 1. The Kier molecular flexibility index (Phi) is 5.70. The van der Waals surface area contributed by atoms with Gasteiger partial charge in [0.15, 0.2) is 4.32 Å². The standard InChI is InChI=1S/C18H14ClN3O2S2/c1-11-6-5-9-13(20-11)10-14-17(24)22(18(25)26-14)21-16(23)15(19)12-7-3-2-4-8-12/h2-10,15H,1H3,(H,21,23)/b14-10-. The number of thiocarbonyl (C=S) groups is 1. The van der Waals surface area contributed by atoms with Crippen LogP contribution in [0.3, 0.4) is 0 Å². The third kappa shape index (κ3) is 4.12. The van der Waals surface area contributed by atoms with Crippen molar-refractivity contribution in [2.24, 2.45) is 0 Å². The van der Waals surface area contributed by atoms with Gasteiger partial charge in [0, 0.05) is 5.69 Å². The molecule has 0 aliphatic carbocycles. The maximum atomic E-state index is 12.6. The lowest BCUT2D eigenvalue weighted by molar-refractivity contribution is -0.132. The van der Waals surface area contributed by atoms with Gasteiger partial charge < -0.3 is 0 Å². The van der Waals surface area contributed by atoms with Gasteiger partial charge >= 0.3 is 0 Å². The van der Waals surface area contributed by atoms with Crippen LogP contribution in [0.4, 0.5) is 0 Å². The Balaban J connectivity index is 1.74. The van der Waals surface area contributed by atoms with E-state index in [4.69, 9.17) is 23.8 Å². The van der Waals surface area contributed by atoms with Crippen molar-refractivity contribution in [3.05, 3.63) is 70.4 Å². The van der Waals surface area contributed by atoms with E-state index < -0.39 is 17.2 Å². The summed E-state index contributed by atoms with van der Waals surface area (Å²) in [7, 11) is 0. The summed E-state index contributed by atoms with van der Waals surface area (Å²) >= 11 is 12.5. The van der Waals surface area contributed by atoms with Gasteiger partial charge in [-0.15, -0.1) is 11.6 Å². The van der Waals surface area contributed by atoms with Gasteiger partial charge in [-0.25, -0.2) is 0 Å². The molecule has 1 aromatic carbocycles. The van der Waals surface area contributed by atoms with Crippen LogP contribution in [0.25, 0.3) is 6.08 Å². The average Bonchev–Trinajstić information content (AvgIpc) is 2.89. The van der Waals surface area contributed by atoms with E-state index in [2.05, 4.69) is 10.4 Å². The van der Waals surface area contributed by atoms with Gasteiger partial charge in [0.2, 0.25) is 0 Å². The summed E-state index contributed by atoms with van der Waals surface area (Å²) in [6, 6.07) is 14.4. The number of aromatic nitrogens is 1. The topological polar surface area (TPSA) is 62.3 Å². The maximum Gasteiger partial charge on any atom is 0.285 e. The second-order valence-corrected chi connectivity index (χ2v) is 7.58. The van der Waals surface area contributed by atoms with Crippen LogP contribution in [-0.4, -0.2) is 26.1 Å². The minimum atomic E-state index is -0.928. The van der Waals surface area contributed by atoms with E-state index in [-0.39, 0.29) is 4.32 Å². The fourth-order valence-electron chi connectivity index (χ4n) is 2.28. The summed E-state index contributed by atoms with van der Waals surface area (Å²) in [6.07, 6.45) is 1.65. The van der Waals surface area contributed by atoms with Crippen LogP contribution in [0.15, 0.2) is 53.4 Å². The average molecular weight is 404 g/mol. The van der Waals surface area contributed by atoms with Crippen LogP contribution in [0.2, 0.25) is 0 Å². The number of amides is 2. The van der Waals surface area contributed by atoms with Gasteiger partial charge in [-0.05, 0) is 42.9 Å². The molecular formula is C18H14ClN3O2S2. The van der Waals surface area contributed by atoms with E-state index in [1.807, 2.05) is 25.1 Å². The molecule has 1 saturated heterocycles. The SMILES string of the molecule is Cc1cccc(/C=C2\SC(=S)N(NC(=O)C(Cl)c3ccccc3)C2=O)n1. The summed E-state index contributed by atoms with van der Waals surface area (Å²) in [6.45, 7) is 1.87. The van der Waals surface area contributed by atoms with E-state index in [0.29, 0.717) is 16.2 Å². The van der Waals surface area contributed by atoms with Gasteiger partial charge in [0.25, 0.3) is 11.8 Å². The van der Waals surface area contributed by atoms with Gasteiger partial charge in [-0.3, -0.25) is 20.0 Å². The molecule has 2 amide bonds. The predicted molar refractivity (Wildman–Crippen MR) is 107 cm³/mol. The first kappa shape index (κ1) is 18.6. The van der Waals surface area contributed by atoms with E-state index in [1.54, 1.807) is 36.4 Å². The van der Waals surface area contributed by atoms with E-state index >= 15 is 0 Å². The first-order chi connectivity index (χ1) is 12.5. The van der Waals surface area contributed by atoms with Crippen LogP contribution in [0.5, 0.6) is 0 Å². The second kappa shape index (κ2) is 7.99. The van der Waals surface area contributed by atoms with Crippen LogP contribution in [0.1, 0.15) is 22.3 Å². The zero-order valence-electron chi connectivity index (χ0n) is 13.7. The molecule has 0 bridgehead atoms. The third-order valence-electron chi connectivity index (χ3n) is 3.53. The molecule has 2 aromatic rings. The zero-order valence-corrected chi connectivity index (χ0v) is 16.1. The van der Waals surface area contributed by atoms with Gasteiger partial charge in [-0.1, -0.05) is 48.2 Å². The number of carbonyl (C=O) groups is 2. The molecule has 8 heteroatoms. The number of hydrogen-bond acceptors (Lipinski definition) is 5. The molecule has 0 spiro atoms. The van der Waals surface area contributed by atoms with Crippen molar-refractivity contribution in [1.82, 2.24) is 15.4 Å². The number of aryl methyl sites for hydroxylation is 1. The molecule has 1 unspecified atom stereocenters. The van der Waals surface area contributed by atoms with Gasteiger partial charge in [0.1, 0.15) is 5.38 Å². The fourth-order valence-corrected chi connectivity index (χ4v) is 3.64. The Morgan fingerprint density at radius 3 is 2.69 bits per heavy atom. The van der Waals surface area contributed by atoms with Gasteiger partial charge in [0.05, 0.1) is 10.6 Å². The zero-order chi connectivity index (χ0) is 18.7. The number of nitrogens with zero attached hydrogens (tertiary/aromatic N) is 2. The third-order valence-corrected chi connectivity index (χ3v) is 5.28. The highest BCUT2D eigenvalue weighted by atomic mass is 35.5. The number of pyridine rings is 1. The molecule has 1 N–H and O–H groups in total. The van der Waals surface area contributed by atoms with E-state index in [1.165, 1.54) is 0 Å². The molecule has 5 nitrogen and oxygen atoms in total. The molecule has 1 atom stereocenters. The molecule has 2 heterocycles. The Labute approximate surface area is 165 Å². The quantitative estimate of drug-likeness (QED) is 0.480. The minimum Gasteiger partial charge on any atom is -0.271 e. The van der Waals surface area contributed by atoms with E-state index in [9.17, 15) is 9.59 Å². The number of alkyl halides is 1. The van der Waals surface area contributed by atoms with Crippen molar-refractivity contribution in [3.8, 4) is 0 Å². The Hall–Kier alpha value is -2.22. The molecule has 1 aromatic heterocycles. The van der Waals surface area contributed by atoms with Crippen LogP contribution >= 0.6 is 35.6 Å². The monoisotopic (exact) mass is 403 g/mol. The lowest BCUT2D eigenvalue weighted by Crippen LogP contribution is -2.46. The number of hydrogen-bond donors (Lipinski definition) is 1. The smallest absolute Gasteiger partial charge is 0.271 e. The van der Waals surface area contributed by atoms with Crippen LogP contribution < -0.4 is 5.43 Å². The Morgan fingerprint density at radius 2 is 2.00 bits per heavy atom. The van der Waals surface area contributed by atoms with Crippen molar-refractivity contribution in [1.29, 1.82) is 0 Å². The first-order valence-corrected chi connectivity index (χ1v) is 9.33. The summed E-state index contributed by atoms with van der Waals surface area (Å²) in [4.78, 5) is 29.7. The summed E-state index contributed by atoms with van der Waals surface area (Å²) in [5, 5.41) is 0.116. The van der Waals surface area contributed by atoms with Crippen molar-refractivity contribution in [2.75, 3.05) is 0 Å². The molecule has 132 valence electrons. The normalized spacial score (nSPS) is 16.8. The molecule has 1 aliphatic heterocycles. The molecule has 1 aliphatic rings. The highest BCUT2D eigenvalue weighted by Crippen LogP contribution is 2.31. The van der Waals surface area contributed by atoms with Crippen molar-refractivity contribution in [2.45, 2.75) is 12.3 Å². The van der Waals surface area contributed by atoms with Gasteiger partial charge in [-0.2, -0.15) is 5.01 Å². The predicted octanol–water partition coefficient (Wildman–Crippen LogP) is 3.60. The van der Waals surface area contributed by atoms with Crippen molar-refractivity contribution >= 4 is 57.8 Å². The Morgan fingerprint density at radius 1 is 1.27 bits per heavy atom. The number of nitrogens with one attached hydrogen (secondary N) is 1. The lowest BCUT2D eigenvalue weighted by atomic mass is 10.1. The molecule has 0 radical (unpaired) electrons. The highest BCUT2D eigenvalue weighted by molar-refractivity contribution is 8.26.